The van der Waals surface area contributed by atoms with E-state index in [1.807, 2.05) is 11.8 Å². The molecule has 0 bridgehead atoms. The Balaban J connectivity index is 2.07. The Morgan fingerprint density at radius 1 is 1.40 bits per heavy atom. The molecule has 2 saturated heterocycles. The molecule has 20 heavy (non-hydrogen) atoms. The molecule has 0 spiro atoms. The third kappa shape index (κ3) is 3.32. The largest absolute Gasteiger partial charge is 0.481 e. The Morgan fingerprint density at radius 2 is 2.10 bits per heavy atom. The van der Waals surface area contributed by atoms with Crippen molar-refractivity contribution in [1.82, 2.24) is 4.90 Å². The molecule has 0 aromatic rings. The van der Waals surface area contributed by atoms with Gasteiger partial charge in [0.2, 0.25) is 5.91 Å². The average Bonchev–Trinajstić information content (AvgIpc) is 2.77. The van der Waals surface area contributed by atoms with Gasteiger partial charge < -0.3 is 10.0 Å². The summed E-state index contributed by atoms with van der Waals surface area (Å²) >= 11 is 1.31. The number of rotatable bonds is 4. The molecular weight excluding hydrogens is 304 g/mol. The normalized spacial score (nSPS) is 29.6. The summed E-state index contributed by atoms with van der Waals surface area (Å²) in [6.07, 6.45) is -0.377. The zero-order valence-corrected chi connectivity index (χ0v) is 12.6. The predicted octanol–water partition coefficient (Wildman–Crippen LogP) is -0.0319. The van der Waals surface area contributed by atoms with Crippen LogP contribution in [0, 0.1) is 0 Å². The third-order valence-corrected chi connectivity index (χ3v) is 6.54. The highest BCUT2D eigenvalue weighted by molar-refractivity contribution is 8.15. The smallest absolute Gasteiger partial charge is 0.303 e. The van der Waals surface area contributed by atoms with Gasteiger partial charge in [0.1, 0.15) is 0 Å². The Hall–Kier alpha value is -1.09. The van der Waals surface area contributed by atoms with E-state index in [2.05, 4.69) is 4.99 Å². The standard InChI is InChI=1S/C11H16N2O5S2/c1-2-13-7-5-20(17,18)6-8(7)19-11(13)12-9(14)3-4-10(15)16/h7-8H,2-6H2,1H3,(H,15,16)/t7-,8-/m0/s1. The van der Waals surface area contributed by atoms with Gasteiger partial charge in [-0.15, -0.1) is 0 Å². The van der Waals surface area contributed by atoms with Crippen LogP contribution >= 0.6 is 11.8 Å². The van der Waals surface area contributed by atoms with Crippen LogP contribution in [0.5, 0.6) is 0 Å². The molecule has 2 atom stereocenters. The topological polar surface area (TPSA) is 104 Å². The van der Waals surface area contributed by atoms with Crippen LogP contribution < -0.4 is 0 Å². The van der Waals surface area contributed by atoms with Gasteiger partial charge in [0.15, 0.2) is 15.0 Å². The first kappa shape index (κ1) is 15.3. The molecule has 0 saturated carbocycles. The predicted molar refractivity (Wildman–Crippen MR) is 75.5 cm³/mol. The van der Waals surface area contributed by atoms with Gasteiger partial charge in [-0.05, 0) is 6.92 Å². The van der Waals surface area contributed by atoms with Crippen molar-refractivity contribution in [1.29, 1.82) is 0 Å². The maximum absolute atomic E-state index is 11.6. The van der Waals surface area contributed by atoms with Crippen LogP contribution in [0.2, 0.25) is 0 Å². The number of fused-ring (bicyclic) bond motifs is 1. The monoisotopic (exact) mass is 320 g/mol. The second-order valence-corrected chi connectivity index (χ2v) is 8.13. The molecule has 2 heterocycles. The van der Waals surface area contributed by atoms with Gasteiger partial charge in [-0.1, -0.05) is 11.8 Å². The second-order valence-electron chi connectivity index (χ2n) is 4.77. The Morgan fingerprint density at radius 3 is 2.70 bits per heavy atom. The van der Waals surface area contributed by atoms with Crippen LogP contribution in [0.3, 0.4) is 0 Å². The number of hydrogen-bond acceptors (Lipinski definition) is 5. The molecule has 2 fully saturated rings. The molecule has 1 N–H and O–H groups in total. The molecule has 9 heteroatoms. The Labute approximate surface area is 121 Å². The first-order chi connectivity index (χ1) is 9.32. The minimum atomic E-state index is -3.00. The number of aliphatic carboxylic acids is 1. The summed E-state index contributed by atoms with van der Waals surface area (Å²) in [5.74, 6) is -1.30. The van der Waals surface area contributed by atoms with Crippen molar-refractivity contribution in [3.8, 4) is 0 Å². The van der Waals surface area contributed by atoms with Crippen LogP contribution in [0.4, 0.5) is 0 Å². The molecule has 0 radical (unpaired) electrons. The van der Waals surface area contributed by atoms with Gasteiger partial charge in [-0.25, -0.2) is 8.42 Å². The SMILES string of the molecule is CCN1C(=NC(=O)CCC(=O)O)S[C@H]2CS(=O)(=O)C[C@@H]21. The van der Waals surface area contributed by atoms with E-state index in [0.29, 0.717) is 11.7 Å². The number of carbonyl (C=O) groups is 2. The van der Waals surface area contributed by atoms with E-state index in [4.69, 9.17) is 5.11 Å². The van der Waals surface area contributed by atoms with E-state index in [1.54, 1.807) is 0 Å². The number of aliphatic imine (C=N–C) groups is 1. The van der Waals surface area contributed by atoms with E-state index in [9.17, 15) is 18.0 Å². The van der Waals surface area contributed by atoms with Crippen molar-refractivity contribution in [2.24, 2.45) is 4.99 Å². The minimum Gasteiger partial charge on any atom is -0.481 e. The lowest BCUT2D eigenvalue weighted by Gasteiger charge is -2.22. The molecule has 0 aromatic heterocycles. The summed E-state index contributed by atoms with van der Waals surface area (Å²) in [6.45, 7) is 2.46. The van der Waals surface area contributed by atoms with Crippen molar-refractivity contribution in [3.05, 3.63) is 0 Å². The highest BCUT2D eigenvalue weighted by Crippen LogP contribution is 2.37. The lowest BCUT2D eigenvalue weighted by Crippen LogP contribution is -2.37. The summed E-state index contributed by atoms with van der Waals surface area (Å²) in [6, 6.07) is -0.124. The van der Waals surface area contributed by atoms with E-state index in [0.717, 1.165) is 0 Å². The van der Waals surface area contributed by atoms with E-state index >= 15 is 0 Å². The van der Waals surface area contributed by atoms with Crippen LogP contribution in [-0.2, 0) is 19.4 Å². The molecule has 7 nitrogen and oxygen atoms in total. The van der Waals surface area contributed by atoms with Crippen LogP contribution in [-0.4, -0.2) is 64.8 Å². The van der Waals surface area contributed by atoms with Crippen molar-refractivity contribution in [2.75, 3.05) is 18.1 Å². The summed E-state index contributed by atoms with van der Waals surface area (Å²) in [5.41, 5.74) is 0. The first-order valence-electron chi connectivity index (χ1n) is 6.29. The molecule has 2 aliphatic rings. The summed E-state index contributed by atoms with van der Waals surface area (Å²) in [5, 5.41) is 8.97. The van der Waals surface area contributed by atoms with E-state index in [1.165, 1.54) is 11.8 Å². The lowest BCUT2D eigenvalue weighted by molar-refractivity contribution is -0.138. The maximum Gasteiger partial charge on any atom is 0.303 e. The molecular formula is C11H16N2O5S2. The quantitative estimate of drug-likeness (QED) is 0.775. The number of thioether (sulfide) groups is 1. The van der Waals surface area contributed by atoms with Gasteiger partial charge >= 0.3 is 5.97 Å². The summed E-state index contributed by atoms with van der Waals surface area (Å²) in [4.78, 5) is 27.8. The average molecular weight is 320 g/mol. The molecule has 0 unspecified atom stereocenters. The lowest BCUT2D eigenvalue weighted by atomic mass is 10.2. The highest BCUT2D eigenvalue weighted by atomic mass is 32.2. The number of carboxylic acid groups (broad SMARTS) is 1. The van der Waals surface area contributed by atoms with Crippen LogP contribution in [0.15, 0.2) is 4.99 Å². The Kier molecular flexibility index (Phi) is 4.38. The number of carboxylic acids is 1. The highest BCUT2D eigenvalue weighted by Gasteiger charge is 2.48. The number of amides is 1. The molecule has 2 aliphatic heterocycles. The Bertz CT molecular complexity index is 557. The van der Waals surface area contributed by atoms with Crippen LogP contribution in [0.1, 0.15) is 19.8 Å². The summed E-state index contributed by atoms with van der Waals surface area (Å²) < 4.78 is 23.2. The van der Waals surface area contributed by atoms with Gasteiger partial charge in [0, 0.05) is 18.2 Å². The zero-order valence-electron chi connectivity index (χ0n) is 11.0. The fraction of sp³-hybridized carbons (Fsp3) is 0.727. The molecule has 2 rings (SSSR count). The number of carbonyl (C=O) groups excluding carboxylic acids is 1. The summed E-state index contributed by atoms with van der Waals surface area (Å²) in [7, 11) is -3.00. The van der Waals surface area contributed by atoms with Crippen molar-refractivity contribution >= 4 is 38.6 Å². The second kappa shape index (κ2) is 5.72. The van der Waals surface area contributed by atoms with Crippen LogP contribution in [0.25, 0.3) is 0 Å². The number of nitrogens with zero attached hydrogens (tertiary/aromatic N) is 2. The van der Waals surface area contributed by atoms with E-state index in [-0.39, 0.29) is 35.6 Å². The van der Waals surface area contributed by atoms with Crippen molar-refractivity contribution < 1.29 is 23.1 Å². The fourth-order valence-electron chi connectivity index (χ4n) is 2.38. The fourth-order valence-corrected chi connectivity index (χ4v) is 6.41. The van der Waals surface area contributed by atoms with Gasteiger partial charge in [0.25, 0.3) is 0 Å². The molecule has 0 aromatic carbocycles. The molecule has 0 aliphatic carbocycles. The van der Waals surface area contributed by atoms with Gasteiger partial charge in [-0.3, -0.25) is 9.59 Å². The number of hydrogen-bond donors (Lipinski definition) is 1. The maximum atomic E-state index is 11.6. The number of sulfone groups is 1. The minimum absolute atomic E-state index is 0.0778. The van der Waals surface area contributed by atoms with Crippen molar-refractivity contribution in [3.63, 3.8) is 0 Å². The number of amidine groups is 1. The van der Waals surface area contributed by atoms with Crippen molar-refractivity contribution in [2.45, 2.75) is 31.1 Å². The molecule has 1 amide bonds. The third-order valence-electron chi connectivity index (χ3n) is 3.29. The first-order valence-corrected chi connectivity index (χ1v) is 8.99. The molecule has 112 valence electrons. The van der Waals surface area contributed by atoms with Gasteiger partial charge in [-0.2, -0.15) is 4.99 Å². The zero-order chi connectivity index (χ0) is 14.9. The van der Waals surface area contributed by atoms with E-state index < -0.39 is 21.7 Å². The van der Waals surface area contributed by atoms with Gasteiger partial charge in [0.05, 0.1) is 24.0 Å².